The molecule has 0 bridgehead atoms. The third-order valence-electron chi connectivity index (χ3n) is 4.15. The maximum atomic E-state index is 12.6. The molecule has 1 N–H and O–H groups in total. The topological polar surface area (TPSA) is 58.1 Å². The van der Waals surface area contributed by atoms with E-state index in [9.17, 15) is 4.79 Å². The number of nitrogens with zero attached hydrogens (tertiary/aromatic N) is 3. The average molecular weight is 389 g/mol. The van der Waals surface area contributed by atoms with E-state index in [-0.39, 0.29) is 5.91 Å². The van der Waals surface area contributed by atoms with Crippen LogP contribution in [0, 0.1) is 13.8 Å². The second-order valence-corrected chi connectivity index (χ2v) is 7.07. The van der Waals surface area contributed by atoms with Gasteiger partial charge in [0, 0.05) is 28.9 Å². The number of nitrogens with one attached hydrogen (secondary N) is 1. The van der Waals surface area contributed by atoms with Gasteiger partial charge in [-0.25, -0.2) is 9.97 Å². The first-order chi connectivity index (χ1) is 11.5. The molecule has 1 amide bonds. The zero-order chi connectivity index (χ0) is 17.1. The van der Waals surface area contributed by atoms with Crippen LogP contribution in [0.5, 0.6) is 0 Å². The molecule has 1 aromatic carbocycles. The van der Waals surface area contributed by atoms with Gasteiger partial charge >= 0.3 is 0 Å². The molecule has 0 spiro atoms. The van der Waals surface area contributed by atoms with E-state index < -0.39 is 0 Å². The van der Waals surface area contributed by atoms with Crippen LogP contribution in [0.3, 0.4) is 0 Å². The Bertz CT molecular complexity index is 757. The number of amides is 1. The number of aromatic nitrogens is 2. The lowest BCUT2D eigenvalue weighted by molar-refractivity contribution is 0.102. The van der Waals surface area contributed by atoms with E-state index in [0.717, 1.165) is 47.3 Å². The first-order valence-electron chi connectivity index (χ1n) is 8.21. The first kappa shape index (κ1) is 16.9. The van der Waals surface area contributed by atoms with E-state index in [1.165, 1.54) is 6.42 Å². The molecule has 1 fully saturated rings. The SMILES string of the molecule is Cc1cc(C(=O)Nc2ccc(Br)cc2C)nc(N2CCCCC2)n1. The molecule has 2 aromatic rings. The van der Waals surface area contributed by atoms with Crippen LogP contribution in [-0.2, 0) is 0 Å². The van der Waals surface area contributed by atoms with Crippen LogP contribution in [0.1, 0.15) is 41.0 Å². The fourth-order valence-electron chi connectivity index (χ4n) is 2.86. The third kappa shape index (κ3) is 3.93. The zero-order valence-electron chi connectivity index (χ0n) is 14.0. The van der Waals surface area contributed by atoms with Crippen molar-refractivity contribution >= 4 is 33.5 Å². The molecule has 0 aliphatic carbocycles. The van der Waals surface area contributed by atoms with Crippen molar-refractivity contribution in [3.05, 3.63) is 45.7 Å². The number of aryl methyl sites for hydroxylation is 2. The minimum atomic E-state index is -0.204. The molecule has 5 nitrogen and oxygen atoms in total. The number of hydrogen-bond donors (Lipinski definition) is 1. The molecular weight excluding hydrogens is 368 g/mol. The van der Waals surface area contributed by atoms with Gasteiger partial charge in [0.15, 0.2) is 0 Å². The molecule has 0 saturated carbocycles. The van der Waals surface area contributed by atoms with Crippen LogP contribution in [-0.4, -0.2) is 29.0 Å². The summed E-state index contributed by atoms with van der Waals surface area (Å²) in [5, 5.41) is 2.94. The predicted molar refractivity (Wildman–Crippen MR) is 99.7 cm³/mol. The molecule has 0 atom stereocenters. The number of hydrogen-bond acceptors (Lipinski definition) is 4. The maximum Gasteiger partial charge on any atom is 0.274 e. The van der Waals surface area contributed by atoms with Crippen LogP contribution in [0.25, 0.3) is 0 Å². The molecule has 1 aliphatic rings. The number of benzene rings is 1. The molecular formula is C18H21BrN4O. The van der Waals surface area contributed by atoms with Gasteiger partial charge in [-0.3, -0.25) is 4.79 Å². The number of anilines is 2. The lowest BCUT2D eigenvalue weighted by Crippen LogP contribution is -2.31. The van der Waals surface area contributed by atoms with Crippen LogP contribution < -0.4 is 10.2 Å². The maximum absolute atomic E-state index is 12.6. The fraction of sp³-hybridized carbons (Fsp3) is 0.389. The lowest BCUT2D eigenvalue weighted by atomic mass is 10.1. The van der Waals surface area contributed by atoms with Crippen molar-refractivity contribution in [3.8, 4) is 0 Å². The van der Waals surface area contributed by atoms with Gasteiger partial charge in [-0.05, 0) is 62.9 Å². The summed E-state index contributed by atoms with van der Waals surface area (Å²) in [6.45, 7) is 5.77. The van der Waals surface area contributed by atoms with Gasteiger partial charge in [0.05, 0.1) is 0 Å². The van der Waals surface area contributed by atoms with Crippen molar-refractivity contribution in [2.24, 2.45) is 0 Å². The van der Waals surface area contributed by atoms with Crippen molar-refractivity contribution in [3.63, 3.8) is 0 Å². The molecule has 6 heteroatoms. The highest BCUT2D eigenvalue weighted by atomic mass is 79.9. The van der Waals surface area contributed by atoms with Gasteiger partial charge in [0.2, 0.25) is 5.95 Å². The monoisotopic (exact) mass is 388 g/mol. The summed E-state index contributed by atoms with van der Waals surface area (Å²) in [7, 11) is 0. The van der Waals surface area contributed by atoms with Crippen LogP contribution >= 0.6 is 15.9 Å². The minimum absolute atomic E-state index is 0.204. The summed E-state index contributed by atoms with van der Waals surface area (Å²) in [5.74, 6) is 0.455. The van der Waals surface area contributed by atoms with Crippen LogP contribution in [0.2, 0.25) is 0 Å². The molecule has 1 saturated heterocycles. The van der Waals surface area contributed by atoms with Crippen LogP contribution in [0.4, 0.5) is 11.6 Å². The Labute approximate surface area is 150 Å². The molecule has 2 heterocycles. The Hall–Kier alpha value is -1.95. The van der Waals surface area contributed by atoms with E-state index in [1.807, 2.05) is 32.0 Å². The number of carbonyl (C=O) groups excluding carboxylic acids is 1. The van der Waals surface area contributed by atoms with E-state index in [0.29, 0.717) is 11.6 Å². The van der Waals surface area contributed by atoms with Gasteiger partial charge in [-0.15, -0.1) is 0 Å². The van der Waals surface area contributed by atoms with Gasteiger partial charge in [-0.2, -0.15) is 0 Å². The van der Waals surface area contributed by atoms with E-state index in [2.05, 4.69) is 36.1 Å². The average Bonchev–Trinajstić information content (AvgIpc) is 2.57. The van der Waals surface area contributed by atoms with Gasteiger partial charge in [0.25, 0.3) is 5.91 Å². The Morgan fingerprint density at radius 1 is 1.12 bits per heavy atom. The molecule has 24 heavy (non-hydrogen) atoms. The van der Waals surface area contributed by atoms with Gasteiger partial charge < -0.3 is 10.2 Å². The minimum Gasteiger partial charge on any atom is -0.341 e. The van der Waals surface area contributed by atoms with E-state index in [1.54, 1.807) is 6.07 Å². The van der Waals surface area contributed by atoms with Crippen molar-refractivity contribution < 1.29 is 4.79 Å². The van der Waals surface area contributed by atoms with Crippen molar-refractivity contribution in [2.75, 3.05) is 23.3 Å². The number of halogens is 1. The Balaban J connectivity index is 1.82. The molecule has 1 aromatic heterocycles. The smallest absolute Gasteiger partial charge is 0.274 e. The second kappa shape index (κ2) is 7.30. The summed E-state index contributed by atoms with van der Waals surface area (Å²) >= 11 is 3.43. The quantitative estimate of drug-likeness (QED) is 0.859. The second-order valence-electron chi connectivity index (χ2n) is 6.16. The standard InChI is InChI=1S/C18H21BrN4O/c1-12-10-14(19)6-7-15(12)21-17(24)16-11-13(2)20-18(22-16)23-8-4-3-5-9-23/h6-7,10-11H,3-5,8-9H2,1-2H3,(H,21,24). The normalized spacial score (nSPS) is 14.5. The van der Waals surface area contributed by atoms with E-state index in [4.69, 9.17) is 0 Å². The zero-order valence-corrected chi connectivity index (χ0v) is 15.6. The number of carbonyl (C=O) groups is 1. The summed E-state index contributed by atoms with van der Waals surface area (Å²) in [5.41, 5.74) is 3.01. The summed E-state index contributed by atoms with van der Waals surface area (Å²) in [6.07, 6.45) is 3.55. The molecule has 3 rings (SSSR count). The first-order valence-corrected chi connectivity index (χ1v) is 9.00. The summed E-state index contributed by atoms with van der Waals surface area (Å²) < 4.78 is 0.989. The van der Waals surface area contributed by atoms with Gasteiger partial charge in [-0.1, -0.05) is 15.9 Å². The Kier molecular flexibility index (Phi) is 5.14. The lowest BCUT2D eigenvalue weighted by Gasteiger charge is -2.27. The summed E-state index contributed by atoms with van der Waals surface area (Å²) in [4.78, 5) is 23.8. The molecule has 0 radical (unpaired) electrons. The molecule has 0 unspecified atom stereocenters. The van der Waals surface area contributed by atoms with Gasteiger partial charge in [0.1, 0.15) is 5.69 Å². The highest BCUT2D eigenvalue weighted by Crippen LogP contribution is 2.21. The van der Waals surface area contributed by atoms with Crippen molar-refractivity contribution in [1.82, 2.24) is 9.97 Å². The van der Waals surface area contributed by atoms with Crippen molar-refractivity contribution in [1.29, 1.82) is 0 Å². The Morgan fingerprint density at radius 2 is 1.88 bits per heavy atom. The predicted octanol–water partition coefficient (Wildman–Crippen LogP) is 4.10. The Morgan fingerprint density at radius 3 is 2.58 bits per heavy atom. The number of rotatable bonds is 3. The van der Waals surface area contributed by atoms with Crippen LogP contribution in [0.15, 0.2) is 28.7 Å². The molecule has 126 valence electrons. The third-order valence-corrected chi connectivity index (χ3v) is 4.64. The molecule has 1 aliphatic heterocycles. The highest BCUT2D eigenvalue weighted by molar-refractivity contribution is 9.10. The largest absolute Gasteiger partial charge is 0.341 e. The fourth-order valence-corrected chi connectivity index (χ4v) is 3.33. The number of piperidine rings is 1. The van der Waals surface area contributed by atoms with Crippen molar-refractivity contribution in [2.45, 2.75) is 33.1 Å². The van der Waals surface area contributed by atoms with E-state index >= 15 is 0 Å². The summed E-state index contributed by atoms with van der Waals surface area (Å²) in [6, 6.07) is 7.50. The highest BCUT2D eigenvalue weighted by Gasteiger charge is 2.17.